The van der Waals surface area contributed by atoms with Crippen molar-refractivity contribution in [1.29, 1.82) is 0 Å². The predicted octanol–water partition coefficient (Wildman–Crippen LogP) is 4.15. The van der Waals surface area contributed by atoms with Crippen molar-refractivity contribution in [3.05, 3.63) is 96.1 Å². The molecule has 104 valence electrons. The molecule has 0 radical (unpaired) electrons. The van der Waals surface area contributed by atoms with E-state index < -0.39 is 0 Å². The Morgan fingerprint density at radius 2 is 1.10 bits per heavy atom. The summed E-state index contributed by atoms with van der Waals surface area (Å²) in [5, 5.41) is 0. The number of allylic oxidation sites excluding steroid dienone is 4. The number of ketones is 1. The Kier molecular flexibility index (Phi) is 3.83. The highest BCUT2D eigenvalue weighted by Crippen LogP contribution is 2.33. The molecular formula is C20H18O. The third-order valence-corrected chi connectivity index (χ3v) is 3.91. The zero-order valence-corrected chi connectivity index (χ0v) is 11.9. The number of carbonyl (C=O) groups excluding carboxylic acids is 1. The number of benzene rings is 2. The van der Waals surface area contributed by atoms with Crippen LogP contribution in [-0.2, 0) is 17.6 Å². The van der Waals surface area contributed by atoms with Crippen molar-refractivity contribution < 1.29 is 4.79 Å². The molecule has 21 heavy (non-hydrogen) atoms. The minimum absolute atomic E-state index is 0.0757. The highest BCUT2D eigenvalue weighted by molar-refractivity contribution is 6.00. The maximum absolute atomic E-state index is 11.5. The Hall–Kier alpha value is -2.41. The van der Waals surface area contributed by atoms with Crippen LogP contribution in [0.1, 0.15) is 11.1 Å². The summed E-state index contributed by atoms with van der Waals surface area (Å²) in [7, 11) is 0. The first-order valence-corrected chi connectivity index (χ1v) is 7.26. The average Bonchev–Trinajstić information content (AvgIpc) is 2.52. The second-order valence-electron chi connectivity index (χ2n) is 5.63. The maximum Gasteiger partial charge on any atom is 0.178 e. The van der Waals surface area contributed by atoms with Crippen molar-refractivity contribution in [2.24, 2.45) is 5.41 Å². The maximum atomic E-state index is 11.5. The number of hydrogen-bond donors (Lipinski definition) is 0. The van der Waals surface area contributed by atoms with Crippen LogP contribution in [0.4, 0.5) is 0 Å². The minimum Gasteiger partial charge on any atom is -0.290 e. The van der Waals surface area contributed by atoms with Crippen LogP contribution < -0.4 is 0 Å². The molecule has 0 saturated carbocycles. The Bertz CT molecular complexity index is 606. The lowest BCUT2D eigenvalue weighted by Crippen LogP contribution is -2.24. The summed E-state index contributed by atoms with van der Waals surface area (Å²) < 4.78 is 0. The summed E-state index contributed by atoms with van der Waals surface area (Å²) in [5.41, 5.74) is 2.46. The summed E-state index contributed by atoms with van der Waals surface area (Å²) in [6.45, 7) is 0. The molecule has 0 fully saturated rings. The zero-order chi connectivity index (χ0) is 14.5. The van der Waals surface area contributed by atoms with E-state index >= 15 is 0 Å². The lowest BCUT2D eigenvalue weighted by atomic mass is 9.74. The lowest BCUT2D eigenvalue weighted by molar-refractivity contribution is -0.110. The fourth-order valence-corrected chi connectivity index (χ4v) is 2.86. The quantitative estimate of drug-likeness (QED) is 0.818. The molecule has 1 nitrogen and oxygen atoms in total. The predicted molar refractivity (Wildman–Crippen MR) is 86.0 cm³/mol. The van der Waals surface area contributed by atoms with Gasteiger partial charge in [-0.25, -0.2) is 0 Å². The van der Waals surface area contributed by atoms with Gasteiger partial charge in [0.1, 0.15) is 0 Å². The van der Waals surface area contributed by atoms with Crippen LogP contribution in [0, 0.1) is 5.41 Å². The van der Waals surface area contributed by atoms with E-state index in [-0.39, 0.29) is 11.2 Å². The Morgan fingerprint density at radius 3 is 1.52 bits per heavy atom. The molecule has 0 unspecified atom stereocenters. The van der Waals surface area contributed by atoms with Gasteiger partial charge in [-0.3, -0.25) is 4.79 Å². The van der Waals surface area contributed by atoms with E-state index in [4.69, 9.17) is 0 Å². The summed E-state index contributed by atoms with van der Waals surface area (Å²) in [6, 6.07) is 20.9. The van der Waals surface area contributed by atoms with Gasteiger partial charge >= 0.3 is 0 Å². The van der Waals surface area contributed by atoms with Gasteiger partial charge in [0.25, 0.3) is 0 Å². The van der Waals surface area contributed by atoms with E-state index in [1.165, 1.54) is 11.1 Å². The molecule has 3 rings (SSSR count). The molecule has 1 heteroatoms. The van der Waals surface area contributed by atoms with E-state index in [9.17, 15) is 4.79 Å². The Labute approximate surface area is 125 Å². The third-order valence-electron chi connectivity index (χ3n) is 3.91. The highest BCUT2D eigenvalue weighted by atomic mass is 16.1. The van der Waals surface area contributed by atoms with Crippen LogP contribution in [0.15, 0.2) is 85.0 Å². The van der Waals surface area contributed by atoms with Crippen molar-refractivity contribution >= 4 is 5.78 Å². The van der Waals surface area contributed by atoms with Crippen LogP contribution in [0.2, 0.25) is 0 Å². The van der Waals surface area contributed by atoms with Gasteiger partial charge in [-0.2, -0.15) is 0 Å². The summed E-state index contributed by atoms with van der Waals surface area (Å²) in [6.07, 6.45) is 9.34. The van der Waals surface area contributed by atoms with Gasteiger partial charge in [-0.1, -0.05) is 72.8 Å². The molecule has 2 aromatic rings. The number of hydrogen-bond acceptors (Lipinski definition) is 1. The van der Waals surface area contributed by atoms with Crippen LogP contribution >= 0.6 is 0 Å². The SMILES string of the molecule is O=C1C=CC(Cc2ccccc2)(Cc2ccccc2)C=C1. The molecule has 0 spiro atoms. The lowest BCUT2D eigenvalue weighted by Gasteiger charge is -2.29. The monoisotopic (exact) mass is 274 g/mol. The Balaban J connectivity index is 1.90. The van der Waals surface area contributed by atoms with Crippen LogP contribution in [0.25, 0.3) is 0 Å². The van der Waals surface area contributed by atoms with Crippen LogP contribution in [-0.4, -0.2) is 5.78 Å². The van der Waals surface area contributed by atoms with E-state index in [1.54, 1.807) is 12.2 Å². The molecule has 0 aliphatic heterocycles. The number of rotatable bonds is 4. The minimum atomic E-state index is -0.114. The molecule has 1 aliphatic carbocycles. The summed E-state index contributed by atoms with van der Waals surface area (Å²) >= 11 is 0. The summed E-state index contributed by atoms with van der Waals surface area (Å²) in [4.78, 5) is 11.5. The molecule has 0 N–H and O–H groups in total. The van der Waals surface area contributed by atoms with E-state index in [2.05, 4.69) is 60.7 Å². The van der Waals surface area contributed by atoms with Crippen molar-refractivity contribution in [2.75, 3.05) is 0 Å². The smallest absolute Gasteiger partial charge is 0.178 e. The van der Waals surface area contributed by atoms with Gasteiger partial charge in [-0.05, 0) is 36.1 Å². The fraction of sp³-hybridized carbons (Fsp3) is 0.150. The second-order valence-corrected chi connectivity index (χ2v) is 5.63. The topological polar surface area (TPSA) is 17.1 Å². The molecule has 1 aliphatic rings. The first-order valence-electron chi connectivity index (χ1n) is 7.26. The fourth-order valence-electron chi connectivity index (χ4n) is 2.86. The molecule has 0 amide bonds. The van der Waals surface area contributed by atoms with Crippen LogP contribution in [0.3, 0.4) is 0 Å². The molecule has 0 bridgehead atoms. The van der Waals surface area contributed by atoms with Gasteiger partial charge in [-0.15, -0.1) is 0 Å². The van der Waals surface area contributed by atoms with Gasteiger partial charge in [0.15, 0.2) is 5.78 Å². The second kappa shape index (κ2) is 5.92. The first kappa shape index (κ1) is 13.6. The van der Waals surface area contributed by atoms with Crippen molar-refractivity contribution in [2.45, 2.75) is 12.8 Å². The molecular weight excluding hydrogens is 256 g/mol. The van der Waals surface area contributed by atoms with E-state index in [0.29, 0.717) is 0 Å². The van der Waals surface area contributed by atoms with Crippen molar-refractivity contribution in [3.63, 3.8) is 0 Å². The van der Waals surface area contributed by atoms with E-state index in [0.717, 1.165) is 12.8 Å². The third kappa shape index (κ3) is 3.38. The van der Waals surface area contributed by atoms with Gasteiger partial charge in [0.2, 0.25) is 0 Å². The van der Waals surface area contributed by atoms with Gasteiger partial charge in [0, 0.05) is 5.41 Å². The Morgan fingerprint density at radius 1 is 0.667 bits per heavy atom. The first-order chi connectivity index (χ1) is 10.3. The van der Waals surface area contributed by atoms with Crippen molar-refractivity contribution in [3.8, 4) is 0 Å². The largest absolute Gasteiger partial charge is 0.290 e. The van der Waals surface area contributed by atoms with Crippen molar-refractivity contribution in [1.82, 2.24) is 0 Å². The summed E-state index contributed by atoms with van der Waals surface area (Å²) in [5.74, 6) is 0.0757. The van der Waals surface area contributed by atoms with Gasteiger partial charge < -0.3 is 0 Å². The molecule has 0 saturated heterocycles. The normalized spacial score (nSPS) is 16.1. The van der Waals surface area contributed by atoms with E-state index in [1.807, 2.05) is 12.1 Å². The molecule has 0 aromatic heterocycles. The highest BCUT2D eigenvalue weighted by Gasteiger charge is 2.27. The zero-order valence-electron chi connectivity index (χ0n) is 11.9. The molecule has 0 atom stereocenters. The number of carbonyl (C=O) groups is 1. The van der Waals surface area contributed by atoms with Gasteiger partial charge in [0.05, 0.1) is 0 Å². The average molecular weight is 274 g/mol. The standard InChI is InChI=1S/C20H18O/c21-19-11-13-20(14-12-19,15-17-7-3-1-4-8-17)16-18-9-5-2-6-10-18/h1-14H,15-16H2. The van der Waals surface area contributed by atoms with Crippen LogP contribution in [0.5, 0.6) is 0 Å². The molecule has 2 aromatic carbocycles. The molecule has 0 heterocycles.